The third kappa shape index (κ3) is 2.67. The standard InChI is InChI=1S/C18H18FN5O2/c1-11-16(19)18(26)24-15(21-11)10-13(22-24)14-7-3-5-9-23(14)17(25)12-6-2-4-8-20-12/h2,4,6,8,10,14,22H,3,5,7,9H2,1H3/t14-/m1/s1. The Morgan fingerprint density at radius 3 is 2.96 bits per heavy atom. The fourth-order valence-corrected chi connectivity index (χ4v) is 3.44. The number of carbonyl (C=O) groups excluding carboxylic acids is 1. The monoisotopic (exact) mass is 355 g/mol. The molecular formula is C18H18FN5O2. The van der Waals surface area contributed by atoms with Crippen LogP contribution in [-0.2, 0) is 0 Å². The van der Waals surface area contributed by atoms with Crippen LogP contribution in [0.4, 0.5) is 4.39 Å². The highest BCUT2D eigenvalue weighted by molar-refractivity contribution is 5.92. The number of hydrogen-bond donors (Lipinski definition) is 1. The molecule has 1 aliphatic heterocycles. The van der Waals surface area contributed by atoms with Gasteiger partial charge in [-0.05, 0) is 38.3 Å². The van der Waals surface area contributed by atoms with Crippen LogP contribution in [0.3, 0.4) is 0 Å². The first-order valence-corrected chi connectivity index (χ1v) is 8.56. The zero-order valence-corrected chi connectivity index (χ0v) is 14.3. The highest BCUT2D eigenvalue weighted by Gasteiger charge is 2.31. The normalized spacial score (nSPS) is 17.6. The second-order valence-electron chi connectivity index (χ2n) is 6.45. The molecule has 0 bridgehead atoms. The van der Waals surface area contributed by atoms with Gasteiger partial charge in [-0.15, -0.1) is 0 Å². The van der Waals surface area contributed by atoms with E-state index in [1.165, 1.54) is 6.92 Å². The molecular weight excluding hydrogens is 337 g/mol. The molecule has 4 rings (SSSR count). The van der Waals surface area contributed by atoms with E-state index >= 15 is 0 Å². The number of halogens is 1. The van der Waals surface area contributed by atoms with Crippen LogP contribution in [0.2, 0.25) is 0 Å². The van der Waals surface area contributed by atoms with Crippen LogP contribution in [0.15, 0.2) is 35.3 Å². The maximum atomic E-state index is 13.8. The second kappa shape index (κ2) is 6.36. The highest BCUT2D eigenvalue weighted by atomic mass is 19.1. The molecule has 1 saturated heterocycles. The van der Waals surface area contributed by atoms with E-state index in [4.69, 9.17) is 0 Å². The average molecular weight is 355 g/mol. The summed E-state index contributed by atoms with van der Waals surface area (Å²) in [5.41, 5.74) is 0.693. The maximum Gasteiger partial charge on any atom is 0.308 e. The fourth-order valence-electron chi connectivity index (χ4n) is 3.44. The Labute approximate surface area is 148 Å². The third-order valence-corrected chi connectivity index (χ3v) is 4.75. The summed E-state index contributed by atoms with van der Waals surface area (Å²) >= 11 is 0. The van der Waals surface area contributed by atoms with Crippen LogP contribution in [0.5, 0.6) is 0 Å². The molecule has 1 fully saturated rings. The van der Waals surface area contributed by atoms with E-state index < -0.39 is 11.4 Å². The van der Waals surface area contributed by atoms with Crippen molar-refractivity contribution in [3.8, 4) is 0 Å². The Kier molecular flexibility index (Phi) is 4.02. The first-order chi connectivity index (χ1) is 12.6. The molecule has 134 valence electrons. The molecule has 26 heavy (non-hydrogen) atoms. The molecule has 1 N–H and O–H groups in total. The number of H-pyrrole nitrogens is 1. The summed E-state index contributed by atoms with van der Waals surface area (Å²) in [5.74, 6) is -1.03. The first kappa shape index (κ1) is 16.4. The van der Waals surface area contributed by atoms with Crippen LogP contribution in [-0.4, -0.2) is 36.9 Å². The zero-order valence-electron chi connectivity index (χ0n) is 14.3. The average Bonchev–Trinajstić information content (AvgIpc) is 3.10. The Morgan fingerprint density at radius 1 is 1.35 bits per heavy atom. The van der Waals surface area contributed by atoms with Gasteiger partial charge in [0.2, 0.25) is 5.82 Å². The lowest BCUT2D eigenvalue weighted by Crippen LogP contribution is -2.39. The minimum Gasteiger partial charge on any atom is -0.329 e. The van der Waals surface area contributed by atoms with Gasteiger partial charge in [-0.1, -0.05) is 6.07 Å². The predicted octanol–water partition coefficient (Wildman–Crippen LogP) is 2.23. The molecule has 3 aromatic heterocycles. The summed E-state index contributed by atoms with van der Waals surface area (Å²) in [5, 5.41) is 2.93. The molecule has 0 saturated carbocycles. The molecule has 1 aliphatic rings. The zero-order chi connectivity index (χ0) is 18.3. The smallest absolute Gasteiger partial charge is 0.308 e. The number of aromatic amines is 1. The van der Waals surface area contributed by atoms with Gasteiger partial charge in [0.1, 0.15) is 5.69 Å². The number of aryl methyl sites for hydroxylation is 1. The number of amides is 1. The van der Waals surface area contributed by atoms with Gasteiger partial charge in [0, 0.05) is 18.8 Å². The minimum absolute atomic E-state index is 0.0608. The van der Waals surface area contributed by atoms with Crippen molar-refractivity contribution in [1.29, 1.82) is 0 Å². The Morgan fingerprint density at radius 2 is 2.19 bits per heavy atom. The first-order valence-electron chi connectivity index (χ1n) is 8.56. The summed E-state index contributed by atoms with van der Waals surface area (Å²) in [6.45, 7) is 2.06. The molecule has 0 aliphatic carbocycles. The van der Waals surface area contributed by atoms with Crippen LogP contribution in [0.1, 0.15) is 47.2 Å². The van der Waals surface area contributed by atoms with E-state index in [2.05, 4.69) is 15.1 Å². The molecule has 0 unspecified atom stereocenters. The van der Waals surface area contributed by atoms with Gasteiger partial charge >= 0.3 is 5.56 Å². The van der Waals surface area contributed by atoms with Gasteiger partial charge in [0.25, 0.3) is 5.91 Å². The number of aromatic nitrogens is 4. The van der Waals surface area contributed by atoms with Gasteiger partial charge in [0.05, 0.1) is 17.4 Å². The van der Waals surface area contributed by atoms with Crippen molar-refractivity contribution >= 4 is 11.6 Å². The van der Waals surface area contributed by atoms with Crippen molar-refractivity contribution in [3.05, 3.63) is 63.7 Å². The SMILES string of the molecule is Cc1nc2cc([C@H]3CCCCN3C(=O)c3ccccn3)[nH]n2c(=O)c1F. The number of hydrogen-bond acceptors (Lipinski definition) is 4. The van der Waals surface area contributed by atoms with Gasteiger partial charge < -0.3 is 4.90 Å². The van der Waals surface area contributed by atoms with E-state index in [9.17, 15) is 14.0 Å². The lowest BCUT2D eigenvalue weighted by molar-refractivity contribution is 0.0599. The van der Waals surface area contributed by atoms with Gasteiger partial charge in [-0.25, -0.2) is 4.98 Å². The summed E-state index contributed by atoms with van der Waals surface area (Å²) in [7, 11) is 0. The molecule has 1 atom stereocenters. The molecule has 7 nitrogen and oxygen atoms in total. The summed E-state index contributed by atoms with van der Waals surface area (Å²) < 4.78 is 14.9. The van der Waals surface area contributed by atoms with Gasteiger partial charge in [0.15, 0.2) is 5.65 Å². The van der Waals surface area contributed by atoms with E-state index in [0.717, 1.165) is 23.8 Å². The Hall–Kier alpha value is -3.03. The van der Waals surface area contributed by atoms with Gasteiger partial charge in [-0.3, -0.25) is 19.7 Å². The number of pyridine rings is 1. The Bertz CT molecular complexity index is 1030. The number of fused-ring (bicyclic) bond motifs is 1. The molecule has 3 aromatic rings. The van der Waals surface area contributed by atoms with E-state index in [0.29, 0.717) is 23.6 Å². The van der Waals surface area contributed by atoms with Crippen molar-refractivity contribution in [2.75, 3.05) is 6.54 Å². The van der Waals surface area contributed by atoms with Crippen LogP contribution >= 0.6 is 0 Å². The minimum atomic E-state index is -0.874. The highest BCUT2D eigenvalue weighted by Crippen LogP contribution is 2.31. The van der Waals surface area contributed by atoms with Crippen LogP contribution < -0.4 is 5.56 Å². The quantitative estimate of drug-likeness (QED) is 0.764. The third-order valence-electron chi connectivity index (χ3n) is 4.75. The number of nitrogens with one attached hydrogen (secondary N) is 1. The van der Waals surface area contributed by atoms with Gasteiger partial charge in [-0.2, -0.15) is 8.91 Å². The topological polar surface area (TPSA) is 83.4 Å². The number of piperidine rings is 1. The number of nitrogens with zero attached hydrogens (tertiary/aromatic N) is 4. The summed E-state index contributed by atoms with van der Waals surface area (Å²) in [6.07, 6.45) is 4.20. The van der Waals surface area contributed by atoms with E-state index in [1.54, 1.807) is 35.4 Å². The van der Waals surface area contributed by atoms with E-state index in [-0.39, 0.29) is 17.6 Å². The molecule has 8 heteroatoms. The van der Waals surface area contributed by atoms with Crippen molar-refractivity contribution in [1.82, 2.24) is 24.5 Å². The molecule has 0 spiro atoms. The number of rotatable bonds is 2. The van der Waals surface area contributed by atoms with Crippen LogP contribution in [0, 0.1) is 12.7 Å². The van der Waals surface area contributed by atoms with Crippen molar-refractivity contribution < 1.29 is 9.18 Å². The van der Waals surface area contributed by atoms with Crippen molar-refractivity contribution in [2.24, 2.45) is 0 Å². The number of likely N-dealkylation sites (tertiary alicyclic amines) is 1. The van der Waals surface area contributed by atoms with Crippen LogP contribution in [0.25, 0.3) is 5.65 Å². The summed E-state index contributed by atoms with van der Waals surface area (Å²) in [4.78, 5) is 35.0. The van der Waals surface area contributed by atoms with Crippen molar-refractivity contribution in [3.63, 3.8) is 0 Å². The van der Waals surface area contributed by atoms with Crippen molar-refractivity contribution in [2.45, 2.75) is 32.2 Å². The lowest BCUT2D eigenvalue weighted by Gasteiger charge is -2.34. The Balaban J connectivity index is 1.75. The molecule has 4 heterocycles. The predicted molar refractivity (Wildman–Crippen MR) is 92.4 cm³/mol. The molecule has 0 aromatic carbocycles. The lowest BCUT2D eigenvalue weighted by atomic mass is 9.99. The number of carbonyl (C=O) groups is 1. The maximum absolute atomic E-state index is 13.8. The summed E-state index contributed by atoms with van der Waals surface area (Å²) in [6, 6.07) is 6.70. The molecule has 1 amide bonds. The molecule has 0 radical (unpaired) electrons. The fraction of sp³-hybridized carbons (Fsp3) is 0.333. The second-order valence-corrected chi connectivity index (χ2v) is 6.45. The largest absolute Gasteiger partial charge is 0.329 e. The van der Waals surface area contributed by atoms with E-state index in [1.807, 2.05) is 0 Å².